The normalized spacial score (nSPS) is 12.2. The Morgan fingerprint density at radius 1 is 0.395 bits per heavy atom. The van der Waals surface area contributed by atoms with Crippen LogP contribution in [0.25, 0.3) is 21.9 Å². The van der Waals surface area contributed by atoms with E-state index in [1.165, 1.54) is 10.6 Å². The van der Waals surface area contributed by atoms with E-state index in [4.69, 9.17) is 21.3 Å². The average Bonchev–Trinajstić information content (AvgIpc) is 2.99. The van der Waals surface area contributed by atoms with Crippen molar-refractivity contribution in [2.24, 2.45) is 0 Å². The Bertz CT molecular complexity index is 1800. The number of benzene rings is 6. The number of ether oxygens (including phenoxy) is 2. The fourth-order valence-electron chi connectivity index (χ4n) is 5.05. The van der Waals surface area contributed by atoms with Crippen LogP contribution < -0.4 is 25.4 Å². The minimum absolute atomic E-state index is 0.709. The molecule has 0 N–H and O–H groups in total. The van der Waals surface area contributed by atoms with Crippen LogP contribution in [0.4, 0.5) is 0 Å². The molecule has 4 heteroatoms. The van der Waals surface area contributed by atoms with Crippen LogP contribution in [0.1, 0.15) is 0 Å². The summed E-state index contributed by atoms with van der Waals surface area (Å²) in [7, 11) is 0. The van der Waals surface area contributed by atoms with E-state index in [-0.39, 0.29) is 0 Å². The lowest BCUT2D eigenvalue weighted by molar-refractivity contribution is 0.360. The number of hydrogen-bond donors (Lipinski definition) is 0. The maximum atomic E-state index is 6.56. The number of fused-ring (bicyclic) bond motifs is 3. The van der Waals surface area contributed by atoms with Crippen molar-refractivity contribution in [2.45, 2.75) is 0 Å². The molecule has 1 aliphatic heterocycles. The second-order valence-electron chi connectivity index (χ2n) is 9.34. The lowest BCUT2D eigenvalue weighted by atomic mass is 10.0. The maximum absolute atomic E-state index is 6.56. The second kappa shape index (κ2) is 9.29. The smallest absolute Gasteiger partial charge is 0.170 e. The van der Waals surface area contributed by atoms with Crippen LogP contribution in [-0.2, 0) is 11.8 Å². The van der Waals surface area contributed by atoms with E-state index in [1.54, 1.807) is 0 Å². The van der Waals surface area contributed by atoms with Crippen LogP contribution in [0.2, 0.25) is 0 Å². The Kier molecular flexibility index (Phi) is 5.62. The summed E-state index contributed by atoms with van der Waals surface area (Å²) in [4.78, 5) is 0. The number of hydrogen-bond acceptors (Lipinski definition) is 3. The highest BCUT2D eigenvalue weighted by Crippen LogP contribution is 2.48. The fourth-order valence-corrected chi connectivity index (χ4v) is 8.82. The lowest BCUT2D eigenvalue weighted by Gasteiger charge is -2.25. The van der Waals surface area contributed by atoms with Gasteiger partial charge in [-0.1, -0.05) is 121 Å². The van der Waals surface area contributed by atoms with Gasteiger partial charge >= 0.3 is 0 Å². The van der Waals surface area contributed by atoms with Gasteiger partial charge in [0.2, 0.25) is 0 Å². The second-order valence-corrected chi connectivity index (χ2v) is 13.8. The van der Waals surface area contributed by atoms with Crippen molar-refractivity contribution in [3.05, 3.63) is 140 Å². The average molecular weight is 527 g/mol. The maximum Gasteiger partial charge on any atom is 0.170 e. The van der Waals surface area contributed by atoms with E-state index in [2.05, 4.69) is 97.1 Å². The van der Waals surface area contributed by atoms with Gasteiger partial charge in [0.05, 0.1) is 0 Å². The molecule has 6 aromatic rings. The zero-order valence-electron chi connectivity index (χ0n) is 20.5. The Morgan fingerprint density at radius 3 is 1.53 bits per heavy atom. The monoisotopic (exact) mass is 526 g/mol. The van der Waals surface area contributed by atoms with Crippen molar-refractivity contribution < 1.29 is 9.47 Å². The van der Waals surface area contributed by atoms with Crippen LogP contribution in [0.3, 0.4) is 0 Å². The summed E-state index contributed by atoms with van der Waals surface area (Å²) in [6, 6.07) is 45.9. The molecule has 0 amide bonds. The first kappa shape index (κ1) is 23.0. The van der Waals surface area contributed by atoms with Crippen molar-refractivity contribution in [3.63, 3.8) is 0 Å². The third-order valence-electron chi connectivity index (χ3n) is 6.98. The van der Waals surface area contributed by atoms with Gasteiger partial charge in [-0.25, -0.2) is 0 Å². The van der Waals surface area contributed by atoms with Gasteiger partial charge in [0, 0.05) is 6.04 Å². The van der Waals surface area contributed by atoms with Gasteiger partial charge < -0.3 is 9.47 Å². The van der Waals surface area contributed by atoms with Gasteiger partial charge in [-0.2, -0.15) is 0 Å². The molecule has 0 fully saturated rings. The van der Waals surface area contributed by atoms with Crippen molar-refractivity contribution in [2.75, 3.05) is 0 Å². The molecule has 0 bridgehead atoms. The highest BCUT2D eigenvalue weighted by Gasteiger charge is 2.25. The molecule has 2 nitrogen and oxygen atoms in total. The van der Waals surface area contributed by atoms with E-state index in [0.29, 0.717) is 11.5 Å². The van der Waals surface area contributed by atoms with Gasteiger partial charge in [0.25, 0.3) is 0 Å². The summed E-state index contributed by atoms with van der Waals surface area (Å²) in [6.45, 7) is 0. The molecule has 0 radical (unpaired) electrons. The van der Waals surface area contributed by atoms with Crippen LogP contribution in [-0.4, -0.2) is 0 Å². The molecule has 1 heterocycles. The summed E-state index contributed by atoms with van der Waals surface area (Å²) in [5.41, 5.74) is 2.15. The topological polar surface area (TPSA) is 18.5 Å². The van der Waals surface area contributed by atoms with Crippen LogP contribution in [0.5, 0.6) is 23.0 Å². The van der Waals surface area contributed by atoms with Gasteiger partial charge in [0.1, 0.15) is 0 Å². The zero-order chi connectivity index (χ0) is 25.5. The van der Waals surface area contributed by atoms with Crippen LogP contribution >= 0.6 is 6.04 Å². The molecule has 0 aliphatic carbocycles. The Hall–Kier alpha value is -4.17. The third-order valence-corrected chi connectivity index (χ3v) is 11.9. The standard InChI is InChI=1S/C34H23O2PS/c38-37(28-13-3-1-4-14-28,29-15-5-2-6-16-29)30-17-9-12-24(20-30)27-18-19-31-32(23-27)36-34-22-26-11-8-7-10-25(26)21-33(34)35-31/h1-23H. The van der Waals surface area contributed by atoms with Crippen LogP contribution in [0, 0.1) is 0 Å². The molecule has 0 atom stereocenters. The third kappa shape index (κ3) is 3.92. The summed E-state index contributed by atoms with van der Waals surface area (Å²) >= 11 is 6.56. The quantitative estimate of drug-likeness (QED) is 0.216. The predicted octanol–water partition coefficient (Wildman–Crippen LogP) is 8.16. The Balaban J connectivity index is 1.30. The SMILES string of the molecule is S=P(c1ccccc1)(c1ccccc1)c1cccc(-c2ccc3c(c2)Oc2cc4ccccc4cc2O3)c1. The molecule has 0 unspecified atom stereocenters. The Morgan fingerprint density at radius 2 is 0.895 bits per heavy atom. The molecule has 0 aromatic heterocycles. The van der Waals surface area contributed by atoms with Gasteiger partial charge in [-0.3, -0.25) is 0 Å². The van der Waals surface area contributed by atoms with Crippen LogP contribution in [0.15, 0.2) is 140 Å². The first-order valence-electron chi connectivity index (χ1n) is 12.5. The first-order chi connectivity index (χ1) is 18.7. The van der Waals surface area contributed by atoms with Gasteiger partial charge in [0.15, 0.2) is 23.0 Å². The fraction of sp³-hybridized carbons (Fsp3) is 0. The largest absolute Gasteiger partial charge is 0.449 e. The highest BCUT2D eigenvalue weighted by molar-refractivity contribution is 8.25. The van der Waals surface area contributed by atoms with Gasteiger partial charge in [-0.15, -0.1) is 0 Å². The van der Waals surface area contributed by atoms with Crippen molar-refractivity contribution in [3.8, 4) is 34.1 Å². The molecule has 6 aromatic carbocycles. The van der Waals surface area contributed by atoms with Crippen molar-refractivity contribution in [1.29, 1.82) is 0 Å². The molecular formula is C34H23O2PS. The summed E-state index contributed by atoms with van der Waals surface area (Å²) in [6.07, 6.45) is 0. The Labute approximate surface area is 227 Å². The minimum Gasteiger partial charge on any atom is -0.449 e. The van der Waals surface area contributed by atoms with Crippen molar-refractivity contribution in [1.82, 2.24) is 0 Å². The van der Waals surface area contributed by atoms with E-state index >= 15 is 0 Å². The molecule has 7 rings (SSSR count). The highest BCUT2D eigenvalue weighted by atomic mass is 32.4. The van der Waals surface area contributed by atoms with Gasteiger partial charge in [-0.05, 0) is 68.1 Å². The van der Waals surface area contributed by atoms with Crippen molar-refractivity contribution >= 4 is 44.5 Å². The minimum atomic E-state index is -2.24. The summed E-state index contributed by atoms with van der Waals surface area (Å²) < 4.78 is 12.6. The molecule has 1 aliphatic rings. The lowest BCUT2D eigenvalue weighted by Crippen LogP contribution is -2.24. The van der Waals surface area contributed by atoms with E-state index in [0.717, 1.165) is 38.7 Å². The molecule has 0 saturated carbocycles. The summed E-state index contributed by atoms with van der Waals surface area (Å²) in [5, 5.41) is 5.77. The van der Waals surface area contributed by atoms with E-state index in [9.17, 15) is 0 Å². The molecule has 0 spiro atoms. The molecular weight excluding hydrogens is 503 g/mol. The first-order valence-corrected chi connectivity index (χ1v) is 15.3. The predicted molar refractivity (Wildman–Crippen MR) is 162 cm³/mol. The van der Waals surface area contributed by atoms with E-state index < -0.39 is 6.04 Å². The summed E-state index contributed by atoms with van der Waals surface area (Å²) in [5.74, 6) is 2.88. The molecule has 182 valence electrons. The zero-order valence-corrected chi connectivity index (χ0v) is 22.2. The number of rotatable bonds is 4. The molecule has 0 saturated heterocycles. The molecule has 38 heavy (non-hydrogen) atoms. The van der Waals surface area contributed by atoms with E-state index in [1.807, 2.05) is 42.5 Å².